The molecule has 6 nitrogen and oxygen atoms in total. The van der Waals surface area contributed by atoms with Crippen molar-refractivity contribution < 1.29 is 0 Å². The summed E-state index contributed by atoms with van der Waals surface area (Å²) in [4.78, 5) is 13.7. The molecule has 0 bridgehead atoms. The number of piperazine rings is 1. The Balaban J connectivity index is 0.00000261. The molecule has 3 rings (SSSR count). The summed E-state index contributed by atoms with van der Waals surface area (Å²) in [6.45, 7) is 9.01. The second-order valence-electron chi connectivity index (χ2n) is 6.56. The SMILES string of the molecule is CCc1nsc(N2CCN(C(=NC)NCC(C)c3ccccc3)CC2)n1.I. The molecule has 0 aliphatic carbocycles. The lowest BCUT2D eigenvalue weighted by Gasteiger charge is -2.36. The van der Waals surface area contributed by atoms with Crippen LogP contribution in [-0.2, 0) is 6.42 Å². The lowest BCUT2D eigenvalue weighted by atomic mass is 10.0. The molecule has 2 aromatic rings. The van der Waals surface area contributed by atoms with E-state index in [-0.39, 0.29) is 24.0 Å². The number of benzene rings is 1. The normalized spacial score (nSPS) is 16.0. The van der Waals surface area contributed by atoms with Crippen LogP contribution in [0.4, 0.5) is 5.13 Å². The van der Waals surface area contributed by atoms with E-state index in [0.717, 1.165) is 56.1 Å². The monoisotopic (exact) mass is 500 g/mol. The number of aromatic nitrogens is 2. The first-order valence-corrected chi connectivity index (χ1v) is 10.1. The summed E-state index contributed by atoms with van der Waals surface area (Å²) in [5, 5.41) is 4.58. The molecule has 1 atom stereocenters. The molecule has 1 aliphatic heterocycles. The number of hydrogen-bond acceptors (Lipinski definition) is 5. The van der Waals surface area contributed by atoms with Crippen molar-refractivity contribution in [3.63, 3.8) is 0 Å². The number of aryl methyl sites for hydroxylation is 1. The Labute approximate surface area is 183 Å². The zero-order valence-electron chi connectivity index (χ0n) is 16.3. The Morgan fingerprint density at radius 1 is 1.22 bits per heavy atom. The summed E-state index contributed by atoms with van der Waals surface area (Å²) in [5.41, 5.74) is 1.35. The summed E-state index contributed by atoms with van der Waals surface area (Å²) >= 11 is 1.51. The van der Waals surface area contributed by atoms with Gasteiger partial charge in [0.15, 0.2) is 5.96 Å². The van der Waals surface area contributed by atoms with Crippen molar-refractivity contribution in [1.82, 2.24) is 19.6 Å². The minimum absolute atomic E-state index is 0. The fourth-order valence-electron chi connectivity index (χ4n) is 3.10. The van der Waals surface area contributed by atoms with E-state index in [1.165, 1.54) is 17.1 Å². The van der Waals surface area contributed by atoms with Crippen molar-refractivity contribution in [3.05, 3.63) is 41.7 Å². The van der Waals surface area contributed by atoms with Gasteiger partial charge in [-0.2, -0.15) is 4.37 Å². The van der Waals surface area contributed by atoms with Gasteiger partial charge in [-0.1, -0.05) is 44.2 Å². The van der Waals surface area contributed by atoms with Gasteiger partial charge in [-0.05, 0) is 11.5 Å². The largest absolute Gasteiger partial charge is 0.356 e. The fraction of sp³-hybridized carbons (Fsp3) is 0.526. The standard InChI is InChI=1S/C19H28N6S.HI/c1-4-17-22-19(26-23-17)25-12-10-24(11-13-25)18(20-3)21-14-15(2)16-8-6-5-7-9-16;/h5-9,15H,4,10-14H2,1-3H3,(H,20,21);1H. The molecule has 0 saturated carbocycles. The van der Waals surface area contributed by atoms with E-state index in [2.05, 4.69) is 73.6 Å². The highest BCUT2D eigenvalue weighted by molar-refractivity contribution is 14.0. The summed E-state index contributed by atoms with van der Waals surface area (Å²) in [5.74, 6) is 2.38. The van der Waals surface area contributed by atoms with Crippen LogP contribution in [0.1, 0.15) is 31.2 Å². The molecule has 148 valence electrons. The molecule has 27 heavy (non-hydrogen) atoms. The van der Waals surface area contributed by atoms with Crippen LogP contribution in [0.2, 0.25) is 0 Å². The van der Waals surface area contributed by atoms with E-state index in [1.54, 1.807) is 0 Å². The highest BCUT2D eigenvalue weighted by Gasteiger charge is 2.22. The van der Waals surface area contributed by atoms with Gasteiger partial charge in [0, 0.05) is 57.7 Å². The smallest absolute Gasteiger partial charge is 0.205 e. The molecule has 1 unspecified atom stereocenters. The molecule has 1 saturated heterocycles. The average molecular weight is 500 g/mol. The zero-order chi connectivity index (χ0) is 18.4. The Morgan fingerprint density at radius 3 is 2.52 bits per heavy atom. The third-order valence-corrected chi connectivity index (χ3v) is 5.58. The molecule has 1 aromatic heterocycles. The number of guanidine groups is 1. The van der Waals surface area contributed by atoms with Crippen LogP contribution in [-0.4, -0.2) is 60.0 Å². The molecule has 0 spiro atoms. The highest BCUT2D eigenvalue weighted by Crippen LogP contribution is 2.19. The van der Waals surface area contributed by atoms with E-state index < -0.39 is 0 Å². The van der Waals surface area contributed by atoms with Crippen molar-refractivity contribution in [3.8, 4) is 0 Å². The van der Waals surface area contributed by atoms with Crippen LogP contribution in [0, 0.1) is 0 Å². The van der Waals surface area contributed by atoms with Gasteiger partial charge < -0.3 is 15.1 Å². The van der Waals surface area contributed by atoms with Gasteiger partial charge in [0.1, 0.15) is 5.82 Å². The molecule has 8 heteroatoms. The highest BCUT2D eigenvalue weighted by atomic mass is 127. The van der Waals surface area contributed by atoms with Crippen LogP contribution < -0.4 is 10.2 Å². The zero-order valence-corrected chi connectivity index (χ0v) is 19.4. The Hall–Kier alpha value is -1.42. The first-order chi connectivity index (χ1) is 12.7. The van der Waals surface area contributed by atoms with Gasteiger partial charge in [-0.25, -0.2) is 4.98 Å². The number of halogens is 1. The first-order valence-electron chi connectivity index (χ1n) is 9.29. The van der Waals surface area contributed by atoms with Crippen molar-refractivity contribution in [2.75, 3.05) is 44.7 Å². The Kier molecular flexibility index (Phi) is 8.75. The maximum atomic E-state index is 4.60. The number of aliphatic imine (C=N–C) groups is 1. The topological polar surface area (TPSA) is 56.7 Å². The first kappa shape index (κ1) is 21.9. The van der Waals surface area contributed by atoms with Crippen LogP contribution in [0.5, 0.6) is 0 Å². The van der Waals surface area contributed by atoms with Gasteiger partial charge in [-0.15, -0.1) is 24.0 Å². The van der Waals surface area contributed by atoms with Gasteiger partial charge in [0.05, 0.1) is 0 Å². The predicted molar refractivity (Wildman–Crippen MR) is 125 cm³/mol. The van der Waals surface area contributed by atoms with Gasteiger partial charge in [0.25, 0.3) is 0 Å². The predicted octanol–water partition coefficient (Wildman–Crippen LogP) is 3.22. The van der Waals surface area contributed by atoms with E-state index >= 15 is 0 Å². The minimum Gasteiger partial charge on any atom is -0.356 e. The summed E-state index contributed by atoms with van der Waals surface area (Å²) in [6, 6.07) is 10.6. The molecule has 1 fully saturated rings. The Morgan fingerprint density at radius 2 is 1.93 bits per heavy atom. The van der Waals surface area contributed by atoms with Gasteiger partial charge in [-0.3, -0.25) is 4.99 Å². The lowest BCUT2D eigenvalue weighted by molar-refractivity contribution is 0.371. The maximum Gasteiger partial charge on any atom is 0.205 e. The van der Waals surface area contributed by atoms with Crippen LogP contribution in [0.15, 0.2) is 35.3 Å². The lowest BCUT2D eigenvalue weighted by Crippen LogP contribution is -2.53. The second kappa shape index (κ2) is 10.8. The number of anilines is 1. The van der Waals surface area contributed by atoms with Gasteiger partial charge >= 0.3 is 0 Å². The van der Waals surface area contributed by atoms with Crippen LogP contribution in [0.3, 0.4) is 0 Å². The third kappa shape index (κ3) is 5.78. The second-order valence-corrected chi connectivity index (χ2v) is 7.29. The van der Waals surface area contributed by atoms with Crippen molar-refractivity contribution in [2.24, 2.45) is 4.99 Å². The van der Waals surface area contributed by atoms with E-state index in [0.29, 0.717) is 5.92 Å². The van der Waals surface area contributed by atoms with Crippen LogP contribution in [0.25, 0.3) is 0 Å². The molecule has 2 heterocycles. The molecular weight excluding hydrogens is 471 g/mol. The molecule has 1 aliphatic rings. The van der Waals surface area contributed by atoms with Gasteiger partial charge in [0.2, 0.25) is 5.13 Å². The van der Waals surface area contributed by atoms with Crippen LogP contribution >= 0.6 is 35.5 Å². The molecular formula is C19H29IN6S. The summed E-state index contributed by atoms with van der Waals surface area (Å²) < 4.78 is 4.40. The Bertz CT molecular complexity index is 712. The third-order valence-electron chi connectivity index (χ3n) is 4.77. The minimum atomic E-state index is 0. The number of rotatable bonds is 5. The van der Waals surface area contributed by atoms with Crippen molar-refractivity contribution in [2.45, 2.75) is 26.2 Å². The maximum absolute atomic E-state index is 4.60. The van der Waals surface area contributed by atoms with Crippen molar-refractivity contribution in [1.29, 1.82) is 0 Å². The quantitative estimate of drug-likeness (QED) is 0.388. The average Bonchev–Trinajstić information content (AvgIpc) is 3.19. The van der Waals surface area contributed by atoms with E-state index in [9.17, 15) is 0 Å². The number of nitrogens with one attached hydrogen (secondary N) is 1. The molecule has 0 amide bonds. The van der Waals surface area contributed by atoms with E-state index in [1.807, 2.05) is 7.05 Å². The summed E-state index contributed by atoms with van der Waals surface area (Å²) in [6.07, 6.45) is 0.895. The fourth-order valence-corrected chi connectivity index (χ4v) is 3.90. The summed E-state index contributed by atoms with van der Waals surface area (Å²) in [7, 11) is 1.86. The number of nitrogens with zero attached hydrogens (tertiary/aromatic N) is 5. The molecule has 1 aromatic carbocycles. The van der Waals surface area contributed by atoms with Crippen molar-refractivity contribution >= 4 is 46.6 Å². The number of hydrogen-bond donors (Lipinski definition) is 1. The molecule has 1 N–H and O–H groups in total. The molecule has 0 radical (unpaired) electrons. The van der Waals surface area contributed by atoms with E-state index in [4.69, 9.17) is 0 Å².